The molecule has 1 aliphatic rings. The molecule has 3 atom stereocenters. The fourth-order valence-electron chi connectivity index (χ4n) is 2.57. The van der Waals surface area contributed by atoms with Gasteiger partial charge >= 0.3 is 6.09 Å². The topological polar surface area (TPSA) is 38.3 Å². The predicted molar refractivity (Wildman–Crippen MR) is 65.3 cm³/mol. The molecular weight excluding hydrogens is 202 g/mol. The summed E-state index contributed by atoms with van der Waals surface area (Å²) in [5, 5.41) is 2.71. The Morgan fingerprint density at radius 1 is 1.44 bits per heavy atom. The van der Waals surface area contributed by atoms with E-state index in [2.05, 4.69) is 26.1 Å². The van der Waals surface area contributed by atoms with Crippen LogP contribution in [-0.2, 0) is 4.74 Å². The van der Waals surface area contributed by atoms with Crippen LogP contribution < -0.4 is 5.32 Å². The van der Waals surface area contributed by atoms with Crippen LogP contribution in [0.15, 0.2) is 0 Å². The van der Waals surface area contributed by atoms with Crippen LogP contribution in [0, 0.1) is 17.8 Å². The van der Waals surface area contributed by atoms with E-state index in [4.69, 9.17) is 4.74 Å². The van der Waals surface area contributed by atoms with E-state index < -0.39 is 0 Å². The Morgan fingerprint density at radius 2 is 2.12 bits per heavy atom. The normalized spacial score (nSPS) is 30.2. The average molecular weight is 227 g/mol. The van der Waals surface area contributed by atoms with Crippen molar-refractivity contribution >= 4 is 6.09 Å². The summed E-state index contributed by atoms with van der Waals surface area (Å²) in [5.41, 5.74) is 0. The standard InChI is InChI=1S/C13H25NO2/c1-5-14-13(15)16-12-8-10(4)6-7-11(12)9(2)3/h9-12H,5-8H2,1-4H3,(H,14,15)/t10-,11?,12?/m0/s1. The molecule has 16 heavy (non-hydrogen) atoms. The second-order valence-electron chi connectivity index (χ2n) is 5.30. The average Bonchev–Trinajstić information content (AvgIpc) is 2.17. The number of hydrogen-bond donors (Lipinski definition) is 1. The van der Waals surface area contributed by atoms with Crippen molar-refractivity contribution in [2.45, 2.75) is 53.1 Å². The molecule has 0 aromatic heterocycles. The van der Waals surface area contributed by atoms with Crippen molar-refractivity contribution in [2.24, 2.45) is 17.8 Å². The zero-order valence-electron chi connectivity index (χ0n) is 11.0. The first-order valence-corrected chi connectivity index (χ1v) is 6.49. The van der Waals surface area contributed by atoms with Crippen molar-refractivity contribution in [3.8, 4) is 0 Å². The van der Waals surface area contributed by atoms with Gasteiger partial charge in [-0.05, 0) is 37.5 Å². The maximum Gasteiger partial charge on any atom is 0.407 e. The van der Waals surface area contributed by atoms with Crippen molar-refractivity contribution in [3.63, 3.8) is 0 Å². The Bertz CT molecular complexity index is 228. The van der Waals surface area contributed by atoms with Gasteiger partial charge in [-0.1, -0.05) is 27.2 Å². The van der Waals surface area contributed by atoms with Crippen molar-refractivity contribution in [3.05, 3.63) is 0 Å². The highest BCUT2D eigenvalue weighted by atomic mass is 16.6. The molecule has 3 nitrogen and oxygen atoms in total. The van der Waals surface area contributed by atoms with E-state index in [9.17, 15) is 4.79 Å². The summed E-state index contributed by atoms with van der Waals surface area (Å²) in [6, 6.07) is 0. The van der Waals surface area contributed by atoms with Gasteiger partial charge in [0.25, 0.3) is 0 Å². The van der Waals surface area contributed by atoms with Gasteiger partial charge in [-0.15, -0.1) is 0 Å². The van der Waals surface area contributed by atoms with Gasteiger partial charge in [0.2, 0.25) is 0 Å². The molecule has 0 radical (unpaired) electrons. The number of alkyl carbamates (subject to hydrolysis) is 1. The van der Waals surface area contributed by atoms with Crippen molar-refractivity contribution in [2.75, 3.05) is 6.54 Å². The molecule has 1 amide bonds. The van der Waals surface area contributed by atoms with Gasteiger partial charge in [0.15, 0.2) is 0 Å². The highest BCUT2D eigenvalue weighted by Gasteiger charge is 2.33. The van der Waals surface area contributed by atoms with E-state index in [1.54, 1.807) is 0 Å². The monoisotopic (exact) mass is 227 g/mol. The fourth-order valence-corrected chi connectivity index (χ4v) is 2.57. The van der Waals surface area contributed by atoms with E-state index in [0.717, 1.165) is 6.42 Å². The highest BCUT2D eigenvalue weighted by molar-refractivity contribution is 5.67. The first-order chi connectivity index (χ1) is 7.54. The van der Waals surface area contributed by atoms with E-state index >= 15 is 0 Å². The molecule has 0 spiro atoms. The Kier molecular flexibility index (Phi) is 5.10. The van der Waals surface area contributed by atoms with Crippen LogP contribution in [0.4, 0.5) is 4.79 Å². The zero-order chi connectivity index (χ0) is 12.1. The maximum atomic E-state index is 11.5. The Morgan fingerprint density at radius 3 is 2.69 bits per heavy atom. The molecule has 0 aromatic rings. The number of amides is 1. The number of hydrogen-bond acceptors (Lipinski definition) is 2. The maximum absolute atomic E-state index is 11.5. The summed E-state index contributed by atoms with van der Waals surface area (Å²) in [5.74, 6) is 1.79. The molecular formula is C13H25NO2. The molecule has 1 N–H and O–H groups in total. The molecule has 0 aliphatic heterocycles. The number of carbonyl (C=O) groups excluding carboxylic acids is 1. The Labute approximate surface area is 98.9 Å². The van der Waals surface area contributed by atoms with Gasteiger partial charge < -0.3 is 10.1 Å². The minimum atomic E-state index is -0.257. The Balaban J connectivity index is 2.54. The van der Waals surface area contributed by atoms with E-state index in [0.29, 0.717) is 24.3 Å². The quantitative estimate of drug-likeness (QED) is 0.804. The lowest BCUT2D eigenvalue weighted by atomic mass is 9.75. The van der Waals surface area contributed by atoms with Gasteiger partial charge in [-0.3, -0.25) is 0 Å². The minimum absolute atomic E-state index is 0.107. The zero-order valence-corrected chi connectivity index (χ0v) is 11.0. The molecule has 2 unspecified atom stereocenters. The van der Waals surface area contributed by atoms with Crippen molar-refractivity contribution < 1.29 is 9.53 Å². The largest absolute Gasteiger partial charge is 0.446 e. The van der Waals surface area contributed by atoms with Gasteiger partial charge in [-0.2, -0.15) is 0 Å². The fraction of sp³-hybridized carbons (Fsp3) is 0.923. The minimum Gasteiger partial charge on any atom is -0.446 e. The van der Waals surface area contributed by atoms with Crippen LogP contribution in [-0.4, -0.2) is 18.7 Å². The van der Waals surface area contributed by atoms with Crippen LogP contribution in [0.1, 0.15) is 47.0 Å². The summed E-state index contributed by atoms with van der Waals surface area (Å²) in [7, 11) is 0. The van der Waals surface area contributed by atoms with Gasteiger partial charge in [0, 0.05) is 6.54 Å². The molecule has 0 bridgehead atoms. The summed E-state index contributed by atoms with van der Waals surface area (Å²) in [4.78, 5) is 11.5. The molecule has 94 valence electrons. The van der Waals surface area contributed by atoms with Crippen LogP contribution in [0.3, 0.4) is 0 Å². The molecule has 0 aromatic carbocycles. The van der Waals surface area contributed by atoms with E-state index in [1.807, 2.05) is 6.92 Å². The first kappa shape index (κ1) is 13.3. The van der Waals surface area contributed by atoms with E-state index in [1.165, 1.54) is 12.8 Å². The molecule has 3 heteroatoms. The lowest BCUT2D eigenvalue weighted by Gasteiger charge is -2.36. The highest BCUT2D eigenvalue weighted by Crippen LogP contribution is 2.35. The van der Waals surface area contributed by atoms with Crippen LogP contribution in [0.2, 0.25) is 0 Å². The SMILES string of the molecule is CCNC(=O)OC1C[C@@H](C)CCC1C(C)C. The van der Waals surface area contributed by atoms with Gasteiger partial charge in [-0.25, -0.2) is 4.79 Å². The lowest BCUT2D eigenvalue weighted by molar-refractivity contribution is 0.00643. The number of rotatable bonds is 3. The summed E-state index contributed by atoms with van der Waals surface area (Å²) in [6.45, 7) is 9.21. The third-order valence-electron chi connectivity index (χ3n) is 3.54. The van der Waals surface area contributed by atoms with Crippen LogP contribution >= 0.6 is 0 Å². The Hall–Kier alpha value is -0.730. The summed E-state index contributed by atoms with van der Waals surface area (Å²) < 4.78 is 5.53. The molecule has 0 saturated heterocycles. The third kappa shape index (κ3) is 3.69. The van der Waals surface area contributed by atoms with Crippen molar-refractivity contribution in [1.82, 2.24) is 5.32 Å². The van der Waals surface area contributed by atoms with Crippen molar-refractivity contribution in [1.29, 1.82) is 0 Å². The third-order valence-corrected chi connectivity index (χ3v) is 3.54. The summed E-state index contributed by atoms with van der Waals surface area (Å²) >= 11 is 0. The number of ether oxygens (including phenoxy) is 1. The first-order valence-electron chi connectivity index (χ1n) is 6.49. The van der Waals surface area contributed by atoms with Crippen LogP contribution in [0.5, 0.6) is 0 Å². The molecule has 0 heterocycles. The molecule has 1 saturated carbocycles. The summed E-state index contributed by atoms with van der Waals surface area (Å²) in [6.07, 6.45) is 3.31. The smallest absolute Gasteiger partial charge is 0.407 e. The van der Waals surface area contributed by atoms with Gasteiger partial charge in [0.05, 0.1) is 0 Å². The number of carbonyl (C=O) groups is 1. The van der Waals surface area contributed by atoms with Gasteiger partial charge in [0.1, 0.15) is 6.10 Å². The molecule has 1 aliphatic carbocycles. The molecule has 1 fully saturated rings. The van der Waals surface area contributed by atoms with E-state index in [-0.39, 0.29) is 12.2 Å². The second kappa shape index (κ2) is 6.12. The number of nitrogens with one attached hydrogen (secondary N) is 1. The second-order valence-corrected chi connectivity index (χ2v) is 5.30. The predicted octanol–water partition coefficient (Wildman–Crippen LogP) is 3.19. The molecule has 1 rings (SSSR count). The van der Waals surface area contributed by atoms with Crippen LogP contribution in [0.25, 0.3) is 0 Å². The lowest BCUT2D eigenvalue weighted by Crippen LogP contribution is -2.38.